The molecule has 1 aliphatic heterocycles. The van der Waals surface area contributed by atoms with E-state index in [-0.39, 0.29) is 5.91 Å². The summed E-state index contributed by atoms with van der Waals surface area (Å²) in [5.74, 6) is 1.42. The normalized spacial score (nSPS) is 15.7. The summed E-state index contributed by atoms with van der Waals surface area (Å²) in [6, 6.07) is 7.47. The Balaban J connectivity index is 1.54. The molecule has 0 bridgehead atoms. The van der Waals surface area contributed by atoms with Crippen LogP contribution in [0.15, 0.2) is 40.5 Å². The Morgan fingerprint density at radius 3 is 2.82 bits per heavy atom. The largest absolute Gasteiger partial charge is 0.497 e. The van der Waals surface area contributed by atoms with Gasteiger partial charge in [-0.2, -0.15) is 0 Å². The van der Waals surface area contributed by atoms with E-state index >= 15 is 0 Å². The second kappa shape index (κ2) is 10.2. The number of fused-ring (bicyclic) bond motifs is 1. The number of ether oxygens (including phenoxy) is 1. The standard InChI is InChI=1S/C23H28ClN5O3S/c1-14(30)22(31)28-10-6-15(7-11-28)8-12-29-18-5-9-26-21(25)20(18)27-23(29)33-19-13-16(32-2)3-4-17(19)24/h3-5,9,13-15,30H,6-8,10-12H2,1-2H3,(H2,25,26)/t14-/m0/s1. The maximum Gasteiger partial charge on any atom is 0.251 e. The number of nitrogens with two attached hydrogens (primary N) is 1. The van der Waals surface area contributed by atoms with Crippen LogP contribution in [0, 0.1) is 5.92 Å². The lowest BCUT2D eigenvalue weighted by Crippen LogP contribution is -2.43. The molecule has 4 rings (SSSR count). The fraction of sp³-hybridized carbons (Fsp3) is 0.435. The molecule has 0 aliphatic carbocycles. The molecule has 2 aromatic heterocycles. The highest BCUT2D eigenvalue weighted by atomic mass is 35.5. The van der Waals surface area contributed by atoms with Gasteiger partial charge >= 0.3 is 0 Å². The van der Waals surface area contributed by atoms with E-state index in [0.29, 0.717) is 35.4 Å². The Morgan fingerprint density at radius 1 is 1.36 bits per heavy atom. The first-order valence-corrected chi connectivity index (χ1v) is 12.2. The third-order valence-corrected chi connectivity index (χ3v) is 7.54. The zero-order valence-electron chi connectivity index (χ0n) is 18.7. The molecule has 1 saturated heterocycles. The number of methoxy groups -OCH3 is 1. The zero-order valence-corrected chi connectivity index (χ0v) is 20.3. The molecule has 176 valence electrons. The van der Waals surface area contributed by atoms with Crippen molar-refractivity contribution in [3.05, 3.63) is 35.5 Å². The van der Waals surface area contributed by atoms with Gasteiger partial charge in [0.05, 0.1) is 17.6 Å². The van der Waals surface area contributed by atoms with Crippen LogP contribution in [0.4, 0.5) is 5.82 Å². The molecule has 3 heterocycles. The van der Waals surface area contributed by atoms with Gasteiger partial charge < -0.3 is 25.0 Å². The molecule has 1 aromatic carbocycles. The van der Waals surface area contributed by atoms with E-state index in [4.69, 9.17) is 27.1 Å². The van der Waals surface area contributed by atoms with E-state index in [2.05, 4.69) is 9.55 Å². The average Bonchev–Trinajstić information content (AvgIpc) is 3.17. The summed E-state index contributed by atoms with van der Waals surface area (Å²) in [6.45, 7) is 3.64. The molecule has 33 heavy (non-hydrogen) atoms. The minimum Gasteiger partial charge on any atom is -0.497 e. The highest BCUT2D eigenvalue weighted by molar-refractivity contribution is 7.99. The number of anilines is 1. The molecular formula is C23H28ClN5O3S. The number of likely N-dealkylation sites (tertiary alicyclic amines) is 1. The van der Waals surface area contributed by atoms with Crippen molar-refractivity contribution in [2.75, 3.05) is 25.9 Å². The van der Waals surface area contributed by atoms with E-state index < -0.39 is 6.10 Å². The van der Waals surface area contributed by atoms with Gasteiger partial charge in [0.15, 0.2) is 11.0 Å². The van der Waals surface area contributed by atoms with Gasteiger partial charge in [-0.15, -0.1) is 0 Å². The Bertz CT molecular complexity index is 1140. The quantitative estimate of drug-likeness (QED) is 0.519. The number of nitrogen functional groups attached to an aromatic ring is 1. The third-order valence-electron chi connectivity index (χ3n) is 6.04. The predicted molar refractivity (Wildman–Crippen MR) is 130 cm³/mol. The number of hydrogen-bond donors (Lipinski definition) is 2. The average molecular weight is 490 g/mol. The Labute approximate surface area is 202 Å². The number of amides is 1. The van der Waals surface area contributed by atoms with Crippen LogP contribution in [0.5, 0.6) is 5.75 Å². The molecule has 8 nitrogen and oxygen atoms in total. The highest BCUT2D eigenvalue weighted by Crippen LogP contribution is 2.37. The number of benzene rings is 1. The lowest BCUT2D eigenvalue weighted by molar-refractivity contribution is -0.140. The zero-order chi connectivity index (χ0) is 23.5. The van der Waals surface area contributed by atoms with Crippen molar-refractivity contribution >= 4 is 46.1 Å². The molecule has 0 unspecified atom stereocenters. The number of carbonyl (C=O) groups is 1. The van der Waals surface area contributed by atoms with Crippen molar-refractivity contribution in [2.24, 2.45) is 5.92 Å². The second-order valence-corrected chi connectivity index (χ2v) is 9.66. The first-order chi connectivity index (χ1) is 15.9. The van der Waals surface area contributed by atoms with Crippen LogP contribution in [0.2, 0.25) is 5.02 Å². The summed E-state index contributed by atoms with van der Waals surface area (Å²) in [7, 11) is 1.62. The van der Waals surface area contributed by atoms with E-state index in [1.165, 1.54) is 18.7 Å². The minimum atomic E-state index is -0.944. The van der Waals surface area contributed by atoms with Crippen LogP contribution in [0.1, 0.15) is 26.2 Å². The molecule has 1 amide bonds. The number of aryl methyl sites for hydroxylation is 1. The smallest absolute Gasteiger partial charge is 0.251 e. The van der Waals surface area contributed by atoms with E-state index in [1.54, 1.807) is 18.2 Å². The van der Waals surface area contributed by atoms with E-state index in [0.717, 1.165) is 47.1 Å². The molecule has 1 atom stereocenters. The topological polar surface area (TPSA) is 107 Å². The summed E-state index contributed by atoms with van der Waals surface area (Å²) in [5.41, 5.74) is 7.73. The molecule has 3 aromatic rings. The second-order valence-electron chi connectivity index (χ2n) is 8.24. The number of pyridine rings is 1. The number of aliphatic hydroxyl groups excluding tert-OH is 1. The number of aromatic nitrogens is 3. The van der Waals surface area contributed by atoms with Crippen LogP contribution in [-0.2, 0) is 11.3 Å². The van der Waals surface area contributed by atoms with Crippen molar-refractivity contribution < 1.29 is 14.6 Å². The molecular weight excluding hydrogens is 462 g/mol. The summed E-state index contributed by atoms with van der Waals surface area (Å²) in [6.07, 6.45) is 3.53. The predicted octanol–water partition coefficient (Wildman–Crippen LogP) is 3.84. The Kier molecular flexibility index (Phi) is 7.31. The fourth-order valence-electron chi connectivity index (χ4n) is 4.15. The Morgan fingerprint density at radius 2 is 2.12 bits per heavy atom. The molecule has 3 N–H and O–H groups in total. The van der Waals surface area contributed by atoms with Crippen molar-refractivity contribution in [3.8, 4) is 5.75 Å². The fourth-order valence-corrected chi connectivity index (χ4v) is 5.36. The number of aliphatic hydroxyl groups is 1. The van der Waals surface area contributed by atoms with Gasteiger partial charge in [0.1, 0.15) is 17.4 Å². The number of hydrogen-bond acceptors (Lipinski definition) is 7. The van der Waals surface area contributed by atoms with Gasteiger partial charge in [0.25, 0.3) is 5.91 Å². The van der Waals surface area contributed by atoms with Gasteiger partial charge in [-0.25, -0.2) is 9.97 Å². The summed E-state index contributed by atoms with van der Waals surface area (Å²) in [4.78, 5) is 23.6. The molecule has 1 fully saturated rings. The summed E-state index contributed by atoms with van der Waals surface area (Å²) < 4.78 is 7.52. The number of rotatable bonds is 7. The van der Waals surface area contributed by atoms with E-state index in [1.807, 2.05) is 24.3 Å². The molecule has 0 spiro atoms. The molecule has 0 radical (unpaired) electrons. The monoisotopic (exact) mass is 489 g/mol. The van der Waals surface area contributed by atoms with Crippen molar-refractivity contribution in [2.45, 2.75) is 48.9 Å². The van der Waals surface area contributed by atoms with Crippen LogP contribution in [0.25, 0.3) is 11.0 Å². The van der Waals surface area contributed by atoms with Crippen molar-refractivity contribution in [3.63, 3.8) is 0 Å². The lowest BCUT2D eigenvalue weighted by atomic mass is 9.93. The van der Waals surface area contributed by atoms with Gasteiger partial charge in [0.2, 0.25) is 0 Å². The number of piperidine rings is 1. The van der Waals surface area contributed by atoms with Crippen LogP contribution < -0.4 is 10.5 Å². The highest BCUT2D eigenvalue weighted by Gasteiger charge is 2.25. The third kappa shape index (κ3) is 5.20. The number of carbonyl (C=O) groups excluding carboxylic acids is 1. The lowest BCUT2D eigenvalue weighted by Gasteiger charge is -2.32. The minimum absolute atomic E-state index is 0.189. The maximum absolute atomic E-state index is 12.0. The number of nitrogens with zero attached hydrogens (tertiary/aromatic N) is 4. The van der Waals surface area contributed by atoms with E-state index in [9.17, 15) is 9.90 Å². The number of halogens is 1. The van der Waals surface area contributed by atoms with Crippen LogP contribution in [-0.4, -0.2) is 56.8 Å². The summed E-state index contributed by atoms with van der Waals surface area (Å²) >= 11 is 7.92. The molecule has 0 saturated carbocycles. The van der Waals surface area contributed by atoms with Gasteiger partial charge in [-0.1, -0.05) is 11.6 Å². The first-order valence-electron chi connectivity index (χ1n) is 11.0. The molecule has 10 heteroatoms. The number of imidazole rings is 1. The van der Waals surface area contributed by atoms with Crippen LogP contribution >= 0.6 is 23.4 Å². The molecule has 1 aliphatic rings. The van der Waals surface area contributed by atoms with Crippen LogP contribution in [0.3, 0.4) is 0 Å². The van der Waals surface area contributed by atoms with Gasteiger partial charge in [0, 0.05) is 30.7 Å². The van der Waals surface area contributed by atoms with Gasteiger partial charge in [-0.05, 0) is 68.1 Å². The van der Waals surface area contributed by atoms with Crippen molar-refractivity contribution in [1.29, 1.82) is 0 Å². The van der Waals surface area contributed by atoms with Crippen molar-refractivity contribution in [1.82, 2.24) is 19.4 Å². The summed E-state index contributed by atoms with van der Waals surface area (Å²) in [5, 5.41) is 11.0. The maximum atomic E-state index is 12.0. The first kappa shape index (κ1) is 23.7. The Hall–Kier alpha value is -2.49. The van der Waals surface area contributed by atoms with Gasteiger partial charge in [-0.3, -0.25) is 4.79 Å². The SMILES string of the molecule is COc1ccc(Cl)c(Sc2nc3c(N)nccc3n2CCC2CCN(C(=O)[C@H](C)O)CC2)c1.